The number of rotatable bonds is 4. The van der Waals surface area contributed by atoms with Crippen LogP contribution in [0, 0.1) is 0 Å². The predicted molar refractivity (Wildman–Crippen MR) is 110 cm³/mol. The Morgan fingerprint density at radius 1 is 0.893 bits per heavy atom. The smallest absolute Gasteiger partial charge is 0.252 e. The first-order valence-corrected chi connectivity index (χ1v) is 9.58. The molecule has 5 rings (SSSR count). The van der Waals surface area contributed by atoms with Gasteiger partial charge in [0.05, 0.1) is 0 Å². The second-order valence-corrected chi connectivity index (χ2v) is 7.49. The van der Waals surface area contributed by atoms with Gasteiger partial charge in [-0.3, -0.25) is 5.10 Å². The van der Waals surface area contributed by atoms with Gasteiger partial charge in [-0.2, -0.15) is 14.7 Å². The Balaban J connectivity index is 1.70. The number of benzene rings is 2. The van der Waals surface area contributed by atoms with E-state index in [1.807, 2.05) is 60.7 Å². The molecule has 0 amide bonds. The van der Waals surface area contributed by atoms with Crippen molar-refractivity contribution in [3.8, 4) is 22.6 Å². The summed E-state index contributed by atoms with van der Waals surface area (Å²) in [5, 5.41) is 29.0. The number of H-pyrrole nitrogens is 1. The van der Waals surface area contributed by atoms with Crippen molar-refractivity contribution in [2.75, 3.05) is 0 Å². The topological polar surface area (TPSA) is 96.5 Å². The summed E-state index contributed by atoms with van der Waals surface area (Å²) < 4.78 is 2.28. The molecule has 5 aromatic rings. The van der Waals surface area contributed by atoms with Gasteiger partial charge in [0.2, 0.25) is 0 Å². The van der Waals surface area contributed by atoms with Crippen molar-refractivity contribution in [2.24, 2.45) is 10.2 Å². The fourth-order valence-electron chi connectivity index (χ4n) is 2.82. The Morgan fingerprint density at radius 3 is 2.29 bits per heavy atom. The van der Waals surface area contributed by atoms with E-state index in [4.69, 9.17) is 5.10 Å². The molecule has 0 aliphatic rings. The number of hydrogen-bond donors (Lipinski definition) is 2. The lowest BCUT2D eigenvalue weighted by Gasteiger charge is -1.98. The summed E-state index contributed by atoms with van der Waals surface area (Å²) in [7, 11) is 0. The van der Waals surface area contributed by atoms with E-state index in [-0.39, 0.29) is 0 Å². The maximum atomic E-state index is 4.76. The van der Waals surface area contributed by atoms with Crippen molar-refractivity contribution in [2.45, 2.75) is 4.34 Å². The molecule has 0 radical (unpaired) electrons. The van der Waals surface area contributed by atoms with Gasteiger partial charge in [0, 0.05) is 11.1 Å². The van der Waals surface area contributed by atoms with Crippen LogP contribution in [-0.4, -0.2) is 30.0 Å². The number of hydrogen-bond acceptors (Lipinski definition) is 8. The number of aromatic nitrogens is 6. The normalized spacial score (nSPS) is 11.6. The van der Waals surface area contributed by atoms with Crippen LogP contribution >= 0.6 is 24.0 Å². The van der Waals surface area contributed by atoms with Gasteiger partial charge in [-0.1, -0.05) is 72.0 Å². The lowest BCUT2D eigenvalue weighted by atomic mass is 10.1. The van der Waals surface area contributed by atoms with E-state index in [1.54, 1.807) is 4.52 Å². The number of aromatic amines is 1. The van der Waals surface area contributed by atoms with Gasteiger partial charge in [-0.25, -0.2) is 0 Å². The highest BCUT2D eigenvalue weighted by atomic mass is 32.2. The Hall–Kier alpha value is -3.37. The molecule has 0 fully saturated rings. The van der Waals surface area contributed by atoms with Crippen molar-refractivity contribution < 1.29 is 0 Å². The summed E-state index contributed by atoms with van der Waals surface area (Å²) in [6.07, 6.45) is 0. The van der Waals surface area contributed by atoms with E-state index in [0.29, 0.717) is 32.3 Å². The monoisotopic (exact) mass is 404 g/mol. The third-order valence-corrected chi connectivity index (χ3v) is 5.02. The fourth-order valence-corrected chi connectivity index (χ4v) is 3.52. The van der Waals surface area contributed by atoms with E-state index < -0.39 is 0 Å². The maximum absolute atomic E-state index is 4.76. The van der Waals surface area contributed by atoms with Crippen LogP contribution in [0.1, 0.15) is 0 Å². The molecule has 0 bridgehead atoms. The Labute approximate surface area is 168 Å². The van der Waals surface area contributed by atoms with Gasteiger partial charge in [0.25, 0.3) is 5.13 Å². The Morgan fingerprint density at radius 2 is 1.61 bits per heavy atom. The van der Waals surface area contributed by atoms with Gasteiger partial charge in [0.1, 0.15) is 5.69 Å². The minimum Gasteiger partial charge on any atom is -0.257 e. The van der Waals surface area contributed by atoms with Crippen LogP contribution in [0.15, 0.2) is 75.2 Å². The predicted octanol–water partition coefficient (Wildman–Crippen LogP) is 4.95. The summed E-state index contributed by atoms with van der Waals surface area (Å²) in [4.78, 5) is 0. The zero-order chi connectivity index (χ0) is 18.9. The van der Waals surface area contributed by atoms with E-state index in [9.17, 15) is 0 Å². The molecule has 0 spiro atoms. The average molecular weight is 404 g/mol. The molecule has 1 N–H and O–H groups in total. The molecule has 0 aliphatic carbocycles. The first-order valence-electron chi connectivity index (χ1n) is 8.32. The Bertz CT molecular complexity index is 1270. The van der Waals surface area contributed by atoms with Crippen LogP contribution in [0.5, 0.6) is 0 Å². The molecule has 0 saturated carbocycles. The number of fused-ring (bicyclic) bond motifs is 1. The van der Waals surface area contributed by atoms with Crippen molar-refractivity contribution in [1.29, 1.82) is 0 Å². The first-order chi connectivity index (χ1) is 13.8. The van der Waals surface area contributed by atoms with Crippen LogP contribution in [0.2, 0.25) is 0 Å². The van der Waals surface area contributed by atoms with Crippen LogP contribution in [0.3, 0.4) is 0 Å². The molecular formula is C18H12N8S2. The summed E-state index contributed by atoms with van der Waals surface area (Å²) in [6, 6.07) is 19.7. The van der Waals surface area contributed by atoms with E-state index in [1.165, 1.54) is 11.3 Å². The molecule has 3 aromatic heterocycles. The zero-order valence-corrected chi connectivity index (χ0v) is 16.0. The van der Waals surface area contributed by atoms with Crippen molar-refractivity contribution in [3.63, 3.8) is 0 Å². The third-order valence-electron chi connectivity index (χ3n) is 4.05. The minimum atomic E-state index is 0.422. The lowest BCUT2D eigenvalue weighted by Crippen LogP contribution is -1.90. The van der Waals surface area contributed by atoms with Crippen molar-refractivity contribution >= 4 is 40.4 Å². The molecule has 0 saturated heterocycles. The summed E-state index contributed by atoms with van der Waals surface area (Å²) in [5.74, 6) is 0.697. The van der Waals surface area contributed by atoms with Gasteiger partial charge < -0.3 is 0 Å². The minimum absolute atomic E-state index is 0.422. The molecule has 0 aliphatic heterocycles. The largest absolute Gasteiger partial charge is 0.257 e. The van der Waals surface area contributed by atoms with Crippen LogP contribution in [0.25, 0.3) is 28.3 Å². The zero-order valence-electron chi connectivity index (χ0n) is 14.3. The molecule has 0 atom stereocenters. The van der Waals surface area contributed by atoms with Gasteiger partial charge in [0.15, 0.2) is 21.5 Å². The van der Waals surface area contributed by atoms with E-state index >= 15 is 0 Å². The third kappa shape index (κ3) is 2.98. The summed E-state index contributed by atoms with van der Waals surface area (Å²) in [6.45, 7) is 0. The standard InChI is InChI=1S/C18H12N8S2/c27-18-24-23-17(28-18)22-19-14-13(11-7-3-1-4-8-11)25-26-15(20-21-16(14)26)12-9-5-2-6-10-12/h1-10,21H,(H,24,27). The maximum Gasteiger partial charge on any atom is 0.252 e. The number of thiol groups is 1. The second-order valence-electron chi connectivity index (χ2n) is 5.80. The molecule has 28 heavy (non-hydrogen) atoms. The first kappa shape index (κ1) is 16.8. The SMILES string of the molecule is Sc1nnc(N=Nc2c(-c3ccccc3)nn3c(-c4ccccc4)n[nH]c23)s1. The number of nitrogens with zero attached hydrogens (tertiary/aromatic N) is 7. The highest BCUT2D eigenvalue weighted by Crippen LogP contribution is 2.36. The van der Waals surface area contributed by atoms with Crippen LogP contribution < -0.4 is 0 Å². The van der Waals surface area contributed by atoms with E-state index in [2.05, 4.69) is 43.3 Å². The quantitative estimate of drug-likeness (QED) is 0.327. The van der Waals surface area contributed by atoms with E-state index in [0.717, 1.165) is 11.1 Å². The molecule has 3 heterocycles. The van der Waals surface area contributed by atoms with Crippen molar-refractivity contribution in [1.82, 2.24) is 30.0 Å². The fraction of sp³-hybridized carbons (Fsp3) is 0. The summed E-state index contributed by atoms with van der Waals surface area (Å²) in [5.41, 5.74) is 3.81. The molecule has 0 unspecified atom stereocenters. The van der Waals surface area contributed by atoms with Gasteiger partial charge in [-0.05, 0) is 0 Å². The van der Waals surface area contributed by atoms with Crippen LogP contribution in [-0.2, 0) is 0 Å². The van der Waals surface area contributed by atoms with Crippen LogP contribution in [0.4, 0.5) is 10.8 Å². The van der Waals surface area contributed by atoms with Gasteiger partial charge >= 0.3 is 0 Å². The Kier molecular flexibility index (Phi) is 4.18. The summed E-state index contributed by atoms with van der Waals surface area (Å²) >= 11 is 5.41. The molecule has 136 valence electrons. The average Bonchev–Trinajstić information content (AvgIpc) is 3.43. The molecule has 8 nitrogen and oxygen atoms in total. The van der Waals surface area contributed by atoms with Gasteiger partial charge in [-0.15, -0.1) is 33.1 Å². The molecule has 10 heteroatoms. The second kappa shape index (κ2) is 6.98. The highest BCUT2D eigenvalue weighted by Gasteiger charge is 2.20. The number of azo groups is 1. The van der Waals surface area contributed by atoms with Crippen molar-refractivity contribution in [3.05, 3.63) is 60.7 Å². The number of nitrogens with one attached hydrogen (secondary N) is 1. The lowest BCUT2D eigenvalue weighted by molar-refractivity contribution is 0.970. The molecular weight excluding hydrogens is 392 g/mol. The molecule has 2 aromatic carbocycles. The highest BCUT2D eigenvalue weighted by molar-refractivity contribution is 7.82.